The Bertz CT molecular complexity index is 1480. The minimum absolute atomic E-state index is 0.0110. The second-order valence-corrected chi connectivity index (χ2v) is 13.1. The van der Waals surface area contributed by atoms with E-state index in [0.29, 0.717) is 39.2 Å². The van der Waals surface area contributed by atoms with Gasteiger partial charge in [0, 0.05) is 18.1 Å². The molecule has 41 heavy (non-hydrogen) atoms. The molecule has 3 aromatic carbocycles. The maximum atomic E-state index is 14.1. The second kappa shape index (κ2) is 14.4. The van der Waals surface area contributed by atoms with Crippen molar-refractivity contribution in [2.75, 3.05) is 17.4 Å². The Balaban J connectivity index is 2.09. The molecule has 2 amide bonds. The molecule has 0 aliphatic heterocycles. The third-order valence-corrected chi connectivity index (χ3v) is 9.45. The van der Waals surface area contributed by atoms with Gasteiger partial charge in [0.1, 0.15) is 12.6 Å². The Kier molecular flexibility index (Phi) is 11.5. The summed E-state index contributed by atoms with van der Waals surface area (Å²) in [6, 6.07) is 16.8. The molecule has 0 radical (unpaired) electrons. The highest BCUT2D eigenvalue weighted by atomic mass is 35.5. The Labute approximate surface area is 257 Å². The van der Waals surface area contributed by atoms with Crippen LogP contribution in [-0.4, -0.2) is 44.3 Å². The summed E-state index contributed by atoms with van der Waals surface area (Å²) in [4.78, 5) is 28.9. The second-order valence-electron chi connectivity index (χ2n) is 10.0. The van der Waals surface area contributed by atoms with Crippen molar-refractivity contribution in [3.05, 3.63) is 92.9 Å². The normalized spacial score (nSPS) is 12.2. The van der Waals surface area contributed by atoms with Gasteiger partial charge in [-0.2, -0.15) is 0 Å². The van der Waals surface area contributed by atoms with Crippen molar-refractivity contribution in [3.63, 3.8) is 0 Å². The molecule has 0 unspecified atom stereocenters. The predicted octanol–water partition coefficient (Wildman–Crippen LogP) is 6.73. The van der Waals surface area contributed by atoms with Crippen LogP contribution in [0.15, 0.2) is 71.6 Å². The first kappa shape index (κ1) is 32.7. The van der Waals surface area contributed by atoms with Crippen LogP contribution < -0.4 is 9.62 Å². The van der Waals surface area contributed by atoms with Crippen molar-refractivity contribution >= 4 is 62.3 Å². The fourth-order valence-corrected chi connectivity index (χ4v) is 6.26. The number of carbonyl (C=O) groups excluding carboxylic acids is 2. The summed E-state index contributed by atoms with van der Waals surface area (Å²) in [6.45, 7) is 7.32. The molecule has 0 saturated heterocycles. The molecular weight excluding hydrogens is 605 g/mol. The molecule has 220 valence electrons. The van der Waals surface area contributed by atoms with E-state index in [1.807, 2.05) is 13.8 Å². The zero-order valence-electron chi connectivity index (χ0n) is 23.4. The lowest BCUT2D eigenvalue weighted by molar-refractivity contribution is -0.140. The fourth-order valence-electron chi connectivity index (χ4n) is 4.28. The van der Waals surface area contributed by atoms with E-state index < -0.39 is 28.5 Å². The summed E-state index contributed by atoms with van der Waals surface area (Å²) in [5, 5.41) is 3.92. The van der Waals surface area contributed by atoms with Crippen molar-refractivity contribution in [3.8, 4) is 0 Å². The number of rotatable bonds is 12. The van der Waals surface area contributed by atoms with Crippen molar-refractivity contribution in [2.45, 2.75) is 51.6 Å². The van der Waals surface area contributed by atoms with Crippen LogP contribution in [0.3, 0.4) is 0 Å². The quantitative estimate of drug-likeness (QED) is 0.238. The lowest BCUT2D eigenvalue weighted by Crippen LogP contribution is -2.52. The van der Waals surface area contributed by atoms with E-state index in [1.165, 1.54) is 17.0 Å². The molecule has 0 aliphatic carbocycles. The van der Waals surface area contributed by atoms with Crippen LogP contribution in [0, 0.1) is 12.8 Å². The standard InChI is InChI=1S/C30H34Cl3N3O4S/c1-5-27(30(38)34-17-20(2)3)35(18-22-14-15-25(32)26(33)16-22)29(37)19-36(28-13-9-12-24(31)21(28)4)41(39,40)23-10-7-6-8-11-23/h6-16,20,27H,5,17-19H2,1-4H3,(H,34,38)/t27-/m1/s1. The Morgan fingerprint density at radius 2 is 1.59 bits per heavy atom. The zero-order valence-corrected chi connectivity index (χ0v) is 26.5. The molecular formula is C30H34Cl3N3O4S. The van der Waals surface area contributed by atoms with Crippen LogP contribution in [-0.2, 0) is 26.2 Å². The molecule has 0 spiro atoms. The number of hydrogen-bond acceptors (Lipinski definition) is 4. The first-order chi connectivity index (χ1) is 19.4. The van der Waals surface area contributed by atoms with Crippen LogP contribution in [0.2, 0.25) is 15.1 Å². The third-order valence-electron chi connectivity index (χ3n) is 6.53. The highest BCUT2D eigenvalue weighted by Crippen LogP contribution is 2.31. The maximum Gasteiger partial charge on any atom is 0.264 e. The predicted molar refractivity (Wildman–Crippen MR) is 166 cm³/mol. The van der Waals surface area contributed by atoms with Crippen LogP contribution in [0.5, 0.6) is 0 Å². The van der Waals surface area contributed by atoms with E-state index in [9.17, 15) is 18.0 Å². The average Bonchev–Trinajstić information content (AvgIpc) is 2.94. The lowest BCUT2D eigenvalue weighted by atomic mass is 10.1. The Morgan fingerprint density at radius 3 is 2.20 bits per heavy atom. The fraction of sp³-hybridized carbons (Fsp3) is 0.333. The van der Waals surface area contributed by atoms with E-state index in [-0.39, 0.29) is 29.0 Å². The monoisotopic (exact) mass is 637 g/mol. The SMILES string of the molecule is CC[C@H](C(=O)NCC(C)C)N(Cc1ccc(Cl)c(Cl)c1)C(=O)CN(c1cccc(Cl)c1C)S(=O)(=O)c1ccccc1. The van der Waals surface area contributed by atoms with Gasteiger partial charge in [-0.15, -0.1) is 0 Å². The van der Waals surface area contributed by atoms with Crippen molar-refractivity contribution in [2.24, 2.45) is 5.92 Å². The molecule has 11 heteroatoms. The molecule has 0 fully saturated rings. The number of hydrogen-bond donors (Lipinski definition) is 1. The molecule has 7 nitrogen and oxygen atoms in total. The largest absolute Gasteiger partial charge is 0.354 e. The van der Waals surface area contributed by atoms with E-state index in [0.717, 1.165) is 4.31 Å². The molecule has 3 rings (SSSR count). The molecule has 0 saturated carbocycles. The minimum atomic E-state index is -4.19. The number of nitrogens with zero attached hydrogens (tertiary/aromatic N) is 2. The van der Waals surface area contributed by atoms with Gasteiger partial charge in [-0.05, 0) is 66.8 Å². The van der Waals surface area contributed by atoms with Gasteiger partial charge in [0.05, 0.1) is 20.6 Å². The van der Waals surface area contributed by atoms with Crippen LogP contribution in [0.1, 0.15) is 38.3 Å². The van der Waals surface area contributed by atoms with E-state index in [2.05, 4.69) is 5.32 Å². The van der Waals surface area contributed by atoms with E-state index >= 15 is 0 Å². The third kappa shape index (κ3) is 8.16. The summed E-state index contributed by atoms with van der Waals surface area (Å²) < 4.78 is 28.9. The van der Waals surface area contributed by atoms with Gasteiger partial charge < -0.3 is 10.2 Å². The smallest absolute Gasteiger partial charge is 0.264 e. The van der Waals surface area contributed by atoms with Gasteiger partial charge in [-0.1, -0.05) is 85.9 Å². The van der Waals surface area contributed by atoms with Gasteiger partial charge in [-0.25, -0.2) is 8.42 Å². The summed E-state index contributed by atoms with van der Waals surface area (Å²) in [5.41, 5.74) is 1.40. The number of sulfonamides is 1. The first-order valence-electron chi connectivity index (χ1n) is 13.2. The lowest BCUT2D eigenvalue weighted by Gasteiger charge is -2.33. The first-order valence-corrected chi connectivity index (χ1v) is 15.8. The summed E-state index contributed by atoms with van der Waals surface area (Å²) in [6.07, 6.45) is 0.304. The summed E-state index contributed by atoms with van der Waals surface area (Å²) in [7, 11) is -4.19. The molecule has 0 aromatic heterocycles. The number of nitrogens with one attached hydrogen (secondary N) is 1. The highest BCUT2D eigenvalue weighted by molar-refractivity contribution is 7.92. The topological polar surface area (TPSA) is 86.8 Å². The molecule has 0 heterocycles. The number of anilines is 1. The molecule has 1 atom stereocenters. The number of carbonyl (C=O) groups is 2. The number of halogens is 3. The van der Waals surface area contributed by atoms with E-state index in [4.69, 9.17) is 34.8 Å². The summed E-state index contributed by atoms with van der Waals surface area (Å²) in [5.74, 6) is -0.694. The minimum Gasteiger partial charge on any atom is -0.354 e. The van der Waals surface area contributed by atoms with Gasteiger partial charge in [-0.3, -0.25) is 13.9 Å². The number of benzene rings is 3. The van der Waals surface area contributed by atoms with Gasteiger partial charge in [0.2, 0.25) is 11.8 Å². The zero-order chi connectivity index (χ0) is 30.3. The van der Waals surface area contributed by atoms with Crippen LogP contribution in [0.25, 0.3) is 0 Å². The number of amides is 2. The van der Waals surface area contributed by atoms with Gasteiger partial charge in [0.25, 0.3) is 10.0 Å². The summed E-state index contributed by atoms with van der Waals surface area (Å²) >= 11 is 18.7. The van der Waals surface area contributed by atoms with Crippen molar-refractivity contribution < 1.29 is 18.0 Å². The van der Waals surface area contributed by atoms with Gasteiger partial charge >= 0.3 is 0 Å². The van der Waals surface area contributed by atoms with Crippen LogP contribution in [0.4, 0.5) is 5.69 Å². The van der Waals surface area contributed by atoms with Crippen LogP contribution >= 0.6 is 34.8 Å². The Morgan fingerprint density at radius 1 is 0.902 bits per heavy atom. The molecule has 1 N–H and O–H groups in total. The highest BCUT2D eigenvalue weighted by Gasteiger charge is 2.34. The average molecular weight is 639 g/mol. The molecule has 3 aromatic rings. The maximum absolute atomic E-state index is 14.1. The molecule has 0 aliphatic rings. The van der Waals surface area contributed by atoms with Crippen molar-refractivity contribution in [1.29, 1.82) is 0 Å². The van der Waals surface area contributed by atoms with Gasteiger partial charge in [0.15, 0.2) is 0 Å². The van der Waals surface area contributed by atoms with Crippen molar-refractivity contribution in [1.82, 2.24) is 10.2 Å². The molecule has 0 bridgehead atoms. The van der Waals surface area contributed by atoms with E-state index in [1.54, 1.807) is 68.4 Å². The Hall–Kier alpha value is -2.78.